The summed E-state index contributed by atoms with van der Waals surface area (Å²) in [6.07, 6.45) is 3.49. The summed E-state index contributed by atoms with van der Waals surface area (Å²) in [6.45, 7) is 13.9. The number of halogens is 2. The van der Waals surface area contributed by atoms with E-state index in [2.05, 4.69) is 126 Å². The third-order valence-electron chi connectivity index (χ3n) is 8.96. The van der Waals surface area contributed by atoms with Crippen molar-refractivity contribution in [2.75, 3.05) is 0 Å². The van der Waals surface area contributed by atoms with Gasteiger partial charge in [-0.25, -0.2) is 0 Å². The van der Waals surface area contributed by atoms with Crippen LogP contribution in [-0.4, -0.2) is 9.52 Å². The first-order chi connectivity index (χ1) is 19.0. The summed E-state index contributed by atoms with van der Waals surface area (Å²) < 4.78 is 1.38. The molecule has 0 fully saturated rings. The Morgan fingerprint density at radius 1 is 0.825 bits per heavy atom. The van der Waals surface area contributed by atoms with E-state index >= 15 is 0 Å². The van der Waals surface area contributed by atoms with E-state index in [1.165, 1.54) is 63.7 Å². The zero-order chi connectivity index (χ0) is 28.4. The van der Waals surface area contributed by atoms with Crippen molar-refractivity contribution in [3.63, 3.8) is 0 Å². The van der Waals surface area contributed by atoms with Gasteiger partial charge in [-0.05, 0) is 0 Å². The fourth-order valence-corrected chi connectivity index (χ4v) is 24.1. The first-order valence-electron chi connectivity index (χ1n) is 14.6. The van der Waals surface area contributed by atoms with Crippen LogP contribution < -0.4 is 13.6 Å². The van der Waals surface area contributed by atoms with E-state index in [1.54, 1.807) is 0 Å². The van der Waals surface area contributed by atoms with Crippen LogP contribution in [0.4, 0.5) is 0 Å². The van der Waals surface area contributed by atoms with Gasteiger partial charge >= 0.3 is 256 Å². The Kier molecular flexibility index (Phi) is 7.49. The molecule has 1 unspecified atom stereocenters. The van der Waals surface area contributed by atoms with Crippen molar-refractivity contribution in [2.24, 2.45) is 5.41 Å². The van der Waals surface area contributed by atoms with Gasteiger partial charge in [-0.2, -0.15) is 0 Å². The van der Waals surface area contributed by atoms with Crippen LogP contribution >= 0.6 is 17.0 Å². The number of allylic oxidation sites excluding steroid dienone is 1. The van der Waals surface area contributed by atoms with E-state index in [0.717, 1.165) is 6.42 Å². The Labute approximate surface area is 254 Å². The fourth-order valence-electron chi connectivity index (χ4n) is 6.99. The summed E-state index contributed by atoms with van der Waals surface area (Å²) in [5, 5.41) is 3.00. The van der Waals surface area contributed by atoms with Crippen LogP contribution in [-0.2, 0) is 24.3 Å². The number of benzene rings is 4. The molecular weight excluding hydrogens is 623 g/mol. The molecule has 40 heavy (non-hydrogen) atoms. The van der Waals surface area contributed by atoms with Gasteiger partial charge in [-0.15, -0.1) is 0 Å². The van der Waals surface area contributed by atoms with Gasteiger partial charge in [0.1, 0.15) is 0 Å². The number of fused-ring (bicyclic) bond motifs is 4. The van der Waals surface area contributed by atoms with Crippen molar-refractivity contribution >= 4 is 46.3 Å². The molecule has 6 rings (SSSR count). The molecule has 0 radical (unpaired) electrons. The summed E-state index contributed by atoms with van der Waals surface area (Å²) >= 11 is -4.05. The second-order valence-electron chi connectivity index (χ2n) is 12.8. The van der Waals surface area contributed by atoms with Crippen LogP contribution in [0.3, 0.4) is 0 Å². The van der Waals surface area contributed by atoms with Crippen LogP contribution in [0, 0.1) is 5.41 Å². The van der Waals surface area contributed by atoms with Crippen LogP contribution in [0.15, 0.2) is 84.4 Å². The van der Waals surface area contributed by atoms with E-state index in [9.17, 15) is 0 Å². The Morgan fingerprint density at radius 2 is 1.50 bits per heavy atom. The van der Waals surface area contributed by atoms with Gasteiger partial charge in [-0.3, -0.25) is 0 Å². The van der Waals surface area contributed by atoms with Gasteiger partial charge < -0.3 is 0 Å². The van der Waals surface area contributed by atoms with Crippen LogP contribution in [0.5, 0.6) is 0 Å². The molecule has 0 aromatic heterocycles. The van der Waals surface area contributed by atoms with Gasteiger partial charge in [0.2, 0.25) is 0 Å². The summed E-state index contributed by atoms with van der Waals surface area (Å²) in [7, 11) is 15.2. The van der Waals surface area contributed by atoms with Crippen molar-refractivity contribution in [1.29, 1.82) is 0 Å². The second kappa shape index (κ2) is 10.5. The van der Waals surface area contributed by atoms with E-state index in [0.29, 0.717) is 5.92 Å². The van der Waals surface area contributed by atoms with Gasteiger partial charge in [0.05, 0.1) is 0 Å². The van der Waals surface area contributed by atoms with Crippen molar-refractivity contribution in [3.8, 4) is 22.3 Å². The van der Waals surface area contributed by atoms with E-state index in [-0.39, 0.29) is 9.04 Å². The molecule has 0 nitrogen and oxygen atoms in total. The molecule has 1 heterocycles. The predicted molar refractivity (Wildman–Crippen MR) is 177 cm³/mol. The van der Waals surface area contributed by atoms with Crippen LogP contribution in [0.25, 0.3) is 28.3 Å². The summed E-state index contributed by atoms with van der Waals surface area (Å²) in [5.74, 6) is 0.415. The van der Waals surface area contributed by atoms with Gasteiger partial charge in [0.25, 0.3) is 0 Å². The Morgan fingerprint density at radius 3 is 2.20 bits per heavy atom. The molecule has 0 saturated carbocycles. The average Bonchev–Trinajstić information content (AvgIpc) is 3.52. The number of hydrogen-bond acceptors (Lipinski definition) is 0. The fraction of sp³-hybridized carbons (Fsp3) is 0.278. The monoisotopic (exact) mass is 658 g/mol. The van der Waals surface area contributed by atoms with Crippen LogP contribution in [0.2, 0.25) is 0 Å². The molecule has 0 amide bonds. The molecule has 1 atom stereocenters. The topological polar surface area (TPSA) is 0 Å². The number of aryl methyl sites for hydroxylation is 1. The predicted octanol–water partition coefficient (Wildman–Crippen LogP) is 8.41. The average molecular weight is 661 g/mol. The molecule has 0 spiro atoms. The van der Waals surface area contributed by atoms with Crippen LogP contribution in [0.1, 0.15) is 73.3 Å². The van der Waals surface area contributed by atoms with E-state index in [4.69, 9.17) is 17.0 Å². The normalized spacial score (nSPS) is 16.7. The van der Waals surface area contributed by atoms with Gasteiger partial charge in [-0.1, -0.05) is 0 Å². The molecule has 204 valence electrons. The SMILES string of the molecule is CCc1ccccc1-c1c(C(C)C)ccc2c1C=C(C(C)(C)C)[CH]2[Zr]([Cl])([Cl])[c]1cccc2c1[SiH2]c1ccccc1-2. The minimum absolute atomic E-state index is 0.0481. The molecular formula is C36H38Cl2SiZr. The molecule has 2 aliphatic rings. The Hall–Kier alpha value is -1.70. The maximum absolute atomic E-state index is 7.94. The number of rotatable bonds is 5. The Balaban J connectivity index is 1.60. The first kappa shape index (κ1) is 28.4. The van der Waals surface area contributed by atoms with Crippen molar-refractivity contribution in [3.05, 3.63) is 107 Å². The third-order valence-corrected chi connectivity index (χ3v) is 23.2. The summed E-state index contributed by atoms with van der Waals surface area (Å²) in [6, 6.07) is 29.3. The standard InChI is InChI=1S/C24H29.C12H9Si.2ClH.Zr/c1-7-17-10-8-9-11-21(17)23-20(16(2)3)13-12-18-14-19(15-22(18)23)24(4,5)6;1-3-7-11-9(5-1)10-6-2-4-8-12(10)13-11;;;/h8-16H,7H2,1-6H3;1-7H,13H2;2*1H;/q;;;;+2/p-2. The molecule has 1 aliphatic carbocycles. The molecule has 4 heteroatoms. The molecule has 0 saturated heterocycles. The quantitative estimate of drug-likeness (QED) is 0.166. The second-order valence-corrected chi connectivity index (χ2v) is 28.6. The Bertz CT molecular complexity index is 1660. The van der Waals surface area contributed by atoms with Gasteiger partial charge in [0, 0.05) is 0 Å². The molecule has 0 bridgehead atoms. The van der Waals surface area contributed by atoms with Crippen molar-refractivity contribution in [1.82, 2.24) is 0 Å². The summed E-state index contributed by atoms with van der Waals surface area (Å²) in [4.78, 5) is 0. The zero-order valence-corrected chi connectivity index (χ0v) is 29.8. The van der Waals surface area contributed by atoms with Crippen molar-refractivity contribution in [2.45, 2.75) is 57.5 Å². The van der Waals surface area contributed by atoms with Crippen molar-refractivity contribution < 1.29 is 17.9 Å². The molecule has 1 aliphatic heterocycles. The maximum atomic E-state index is 7.94. The zero-order valence-electron chi connectivity index (χ0n) is 24.4. The molecule has 4 aromatic rings. The van der Waals surface area contributed by atoms with Gasteiger partial charge in [0.15, 0.2) is 0 Å². The molecule has 0 N–H and O–H groups in total. The molecule has 4 aromatic carbocycles. The summed E-state index contributed by atoms with van der Waals surface area (Å²) in [5.41, 5.74) is 12.3. The first-order valence-corrected chi connectivity index (χ1v) is 25.0. The third kappa shape index (κ3) is 4.59. The van der Waals surface area contributed by atoms with E-state index < -0.39 is 27.4 Å². The number of hydrogen-bond donors (Lipinski definition) is 0. The van der Waals surface area contributed by atoms with E-state index in [1.807, 2.05) is 0 Å². The minimum atomic E-state index is -4.05.